The van der Waals surface area contributed by atoms with Crippen molar-refractivity contribution >= 4 is 40.6 Å². The predicted octanol–water partition coefficient (Wildman–Crippen LogP) is 1.82. The number of esters is 1. The molecule has 3 unspecified atom stereocenters. The van der Waals surface area contributed by atoms with Gasteiger partial charge in [-0.3, -0.25) is 24.6 Å². The molecule has 13 nitrogen and oxygen atoms in total. The van der Waals surface area contributed by atoms with Gasteiger partial charge >= 0.3 is 12.0 Å². The molecule has 218 valence electrons. The van der Waals surface area contributed by atoms with Gasteiger partial charge in [-0.25, -0.2) is 19.8 Å². The molecule has 13 heteroatoms. The van der Waals surface area contributed by atoms with Gasteiger partial charge in [-0.2, -0.15) is 0 Å². The number of aromatic amines is 1. The molecule has 4 heterocycles. The van der Waals surface area contributed by atoms with Gasteiger partial charge in [0.2, 0.25) is 18.1 Å². The normalized spacial score (nSPS) is 22.5. The Kier molecular flexibility index (Phi) is 7.48. The Morgan fingerprint density at radius 1 is 1.02 bits per heavy atom. The molecule has 3 aliphatic rings. The Balaban J connectivity index is 1.16. The molecule has 3 fully saturated rings. The third-order valence-corrected chi connectivity index (χ3v) is 7.53. The van der Waals surface area contributed by atoms with Gasteiger partial charge in [0.05, 0.1) is 19.6 Å². The van der Waals surface area contributed by atoms with E-state index < -0.39 is 42.2 Å². The van der Waals surface area contributed by atoms with E-state index in [1.807, 2.05) is 54.6 Å². The molecule has 2 aromatic carbocycles. The second-order valence-corrected chi connectivity index (χ2v) is 10.4. The summed E-state index contributed by atoms with van der Waals surface area (Å²) in [5.41, 5.74) is 4.48. The Bertz CT molecular complexity index is 1490. The fourth-order valence-corrected chi connectivity index (χ4v) is 5.43. The van der Waals surface area contributed by atoms with Crippen LogP contribution in [-0.4, -0.2) is 81.2 Å². The summed E-state index contributed by atoms with van der Waals surface area (Å²) in [6, 6.07) is 15.8. The molecule has 42 heavy (non-hydrogen) atoms. The number of H-pyrrole nitrogens is 1. The Hall–Kier alpha value is -4.91. The highest BCUT2D eigenvalue weighted by Gasteiger charge is 2.46. The van der Waals surface area contributed by atoms with Gasteiger partial charge < -0.3 is 19.8 Å². The van der Waals surface area contributed by atoms with Crippen LogP contribution >= 0.6 is 0 Å². The lowest BCUT2D eigenvalue weighted by Gasteiger charge is -2.43. The number of hydrogen-bond acceptors (Lipinski definition) is 7. The highest BCUT2D eigenvalue weighted by molar-refractivity contribution is 5.99. The number of amides is 5. The minimum atomic E-state index is -1.05. The first kappa shape index (κ1) is 27.3. The van der Waals surface area contributed by atoms with Gasteiger partial charge in [-0.15, -0.1) is 0 Å². The predicted molar refractivity (Wildman–Crippen MR) is 147 cm³/mol. The second-order valence-electron chi connectivity index (χ2n) is 10.4. The van der Waals surface area contributed by atoms with Gasteiger partial charge in [-0.1, -0.05) is 48.5 Å². The van der Waals surface area contributed by atoms with E-state index in [0.29, 0.717) is 6.42 Å². The van der Waals surface area contributed by atoms with Crippen molar-refractivity contribution in [2.75, 3.05) is 13.1 Å². The number of nitrogens with zero attached hydrogens (tertiary/aromatic N) is 3. The zero-order valence-corrected chi connectivity index (χ0v) is 22.7. The monoisotopic (exact) mass is 574 g/mol. The minimum Gasteiger partial charge on any atom is -0.433 e. The van der Waals surface area contributed by atoms with E-state index >= 15 is 0 Å². The number of hydrazine groups is 2. The Morgan fingerprint density at radius 3 is 2.62 bits per heavy atom. The molecular weight excluding hydrogens is 544 g/mol. The molecular formula is C29H30N6O7. The van der Waals surface area contributed by atoms with E-state index in [1.54, 1.807) is 6.07 Å². The number of urea groups is 1. The molecule has 5 amide bonds. The molecule has 6 rings (SSSR count). The molecule has 3 aromatic rings. The third kappa shape index (κ3) is 5.50. The van der Waals surface area contributed by atoms with Crippen LogP contribution in [0.25, 0.3) is 10.9 Å². The van der Waals surface area contributed by atoms with E-state index in [4.69, 9.17) is 9.47 Å². The first-order chi connectivity index (χ1) is 20.4. The van der Waals surface area contributed by atoms with Crippen molar-refractivity contribution in [2.24, 2.45) is 0 Å². The fraction of sp³-hybridized carbons (Fsp3) is 0.345. The highest BCUT2D eigenvalue weighted by Crippen LogP contribution is 2.25. The molecule has 0 bridgehead atoms. The number of carbonyl (C=O) groups excluding carboxylic acids is 5. The van der Waals surface area contributed by atoms with Crippen LogP contribution in [0.4, 0.5) is 4.79 Å². The van der Waals surface area contributed by atoms with Gasteiger partial charge in [0, 0.05) is 23.9 Å². The average Bonchev–Trinajstić information content (AvgIpc) is 3.57. The van der Waals surface area contributed by atoms with Crippen LogP contribution < -0.4 is 10.7 Å². The standard InChI is InChI=1S/C29H30N6O7/c36-24-12-14-33(32-26(38)21-15-19-9-4-5-10-20(19)30-21)29(40)35-23(11-6-13-34(24)35)27(39)31-22-16-25(37)42-28(22)41-17-18-7-2-1-3-8-18/h1-5,7-10,15,22-23,28,30H,6,11-14,16-17H2,(H,31,39)(H,32,38). The largest absolute Gasteiger partial charge is 0.433 e. The average molecular weight is 575 g/mol. The maximum atomic E-state index is 13.7. The van der Waals surface area contributed by atoms with Crippen LogP contribution in [0.2, 0.25) is 0 Å². The quantitative estimate of drug-likeness (QED) is 0.364. The number of rotatable bonds is 7. The molecule has 0 saturated carbocycles. The van der Waals surface area contributed by atoms with Gasteiger partial charge in [0.15, 0.2) is 0 Å². The molecule has 3 N–H and O–H groups in total. The minimum absolute atomic E-state index is 0.0378. The number of benzene rings is 2. The van der Waals surface area contributed by atoms with Crippen LogP contribution in [0.5, 0.6) is 0 Å². The van der Waals surface area contributed by atoms with Crippen molar-refractivity contribution in [3.05, 3.63) is 71.9 Å². The summed E-state index contributed by atoms with van der Waals surface area (Å²) >= 11 is 0. The lowest BCUT2D eigenvalue weighted by Crippen LogP contribution is -2.65. The van der Waals surface area contributed by atoms with Crippen LogP contribution in [0.1, 0.15) is 41.7 Å². The van der Waals surface area contributed by atoms with E-state index in [9.17, 15) is 24.0 Å². The number of cyclic esters (lactones) is 1. The van der Waals surface area contributed by atoms with Crippen LogP contribution in [-0.2, 0) is 30.5 Å². The van der Waals surface area contributed by atoms with Gasteiger partial charge in [0.25, 0.3) is 5.91 Å². The van der Waals surface area contributed by atoms with Crippen LogP contribution in [0.3, 0.4) is 0 Å². The number of nitrogens with one attached hydrogen (secondary N) is 3. The molecule has 3 atom stereocenters. The lowest BCUT2D eigenvalue weighted by molar-refractivity contribution is -0.169. The first-order valence-corrected chi connectivity index (χ1v) is 13.8. The summed E-state index contributed by atoms with van der Waals surface area (Å²) in [6.45, 7) is 0.365. The lowest BCUT2D eigenvalue weighted by atomic mass is 10.1. The summed E-state index contributed by atoms with van der Waals surface area (Å²) in [6.07, 6.45) is -0.369. The number of ether oxygens (including phenoxy) is 2. The van der Waals surface area contributed by atoms with Gasteiger partial charge in [-0.05, 0) is 30.5 Å². The van der Waals surface area contributed by atoms with E-state index in [-0.39, 0.29) is 50.6 Å². The van der Waals surface area contributed by atoms with Crippen molar-refractivity contribution in [2.45, 2.75) is 50.7 Å². The number of fused-ring (bicyclic) bond motifs is 2. The van der Waals surface area contributed by atoms with Crippen molar-refractivity contribution in [3.63, 3.8) is 0 Å². The molecule has 3 aliphatic heterocycles. The first-order valence-electron chi connectivity index (χ1n) is 13.8. The van der Waals surface area contributed by atoms with Crippen molar-refractivity contribution in [1.82, 2.24) is 30.8 Å². The van der Waals surface area contributed by atoms with Crippen molar-refractivity contribution in [3.8, 4) is 0 Å². The highest BCUT2D eigenvalue weighted by atomic mass is 16.7. The van der Waals surface area contributed by atoms with E-state index in [2.05, 4.69) is 15.7 Å². The number of para-hydroxylation sites is 1. The SMILES string of the molecule is O=C1CC(NC(=O)C2CCCN3C(=O)CCN(NC(=O)c4cc5ccccc5[nH]4)C(=O)N23)C(OCc2ccccc2)O1. The van der Waals surface area contributed by atoms with Crippen molar-refractivity contribution < 1.29 is 33.4 Å². The third-order valence-electron chi connectivity index (χ3n) is 7.53. The number of aromatic nitrogens is 1. The number of carbonyl (C=O) groups is 5. The fourth-order valence-electron chi connectivity index (χ4n) is 5.43. The Morgan fingerprint density at radius 2 is 1.81 bits per heavy atom. The maximum absolute atomic E-state index is 13.7. The summed E-state index contributed by atoms with van der Waals surface area (Å²) in [7, 11) is 0. The molecule has 3 saturated heterocycles. The summed E-state index contributed by atoms with van der Waals surface area (Å²) in [4.78, 5) is 68.5. The van der Waals surface area contributed by atoms with Crippen molar-refractivity contribution in [1.29, 1.82) is 0 Å². The summed E-state index contributed by atoms with van der Waals surface area (Å²) in [5.74, 6) is -1.97. The smallest absolute Gasteiger partial charge is 0.358 e. The summed E-state index contributed by atoms with van der Waals surface area (Å²) < 4.78 is 11.1. The molecule has 1 aromatic heterocycles. The van der Waals surface area contributed by atoms with E-state index in [1.165, 1.54) is 5.01 Å². The molecule has 0 radical (unpaired) electrons. The van der Waals surface area contributed by atoms with Crippen LogP contribution in [0, 0.1) is 0 Å². The number of hydrogen-bond donors (Lipinski definition) is 3. The second kappa shape index (κ2) is 11.5. The van der Waals surface area contributed by atoms with Gasteiger partial charge in [0.1, 0.15) is 17.8 Å². The zero-order valence-electron chi connectivity index (χ0n) is 22.7. The molecule has 0 spiro atoms. The Labute approximate surface area is 240 Å². The zero-order chi connectivity index (χ0) is 29.2. The molecule has 0 aliphatic carbocycles. The topological polar surface area (TPSA) is 153 Å². The van der Waals surface area contributed by atoms with E-state index in [0.717, 1.165) is 26.5 Å². The summed E-state index contributed by atoms with van der Waals surface area (Å²) in [5, 5.41) is 7.07. The maximum Gasteiger partial charge on any atom is 0.358 e. The van der Waals surface area contributed by atoms with Crippen LogP contribution in [0.15, 0.2) is 60.7 Å².